The minimum absolute atomic E-state index is 0.0387. The van der Waals surface area contributed by atoms with E-state index in [4.69, 9.17) is 23.2 Å². The largest absolute Gasteiger partial charge is 0.386 e. The topological polar surface area (TPSA) is 69.2 Å². The second-order valence-corrected chi connectivity index (χ2v) is 4.08. The van der Waals surface area contributed by atoms with Crippen molar-refractivity contribution in [1.29, 1.82) is 0 Å². The van der Waals surface area contributed by atoms with E-state index in [0.717, 1.165) is 0 Å². The smallest absolute Gasteiger partial charge is 0.346 e. The van der Waals surface area contributed by atoms with E-state index >= 15 is 0 Å². The number of carbonyl (C=O) groups excluding carboxylic acids is 2. The molecule has 1 aromatic carbocycles. The van der Waals surface area contributed by atoms with Gasteiger partial charge in [-0.1, -0.05) is 23.2 Å². The van der Waals surface area contributed by atoms with Crippen molar-refractivity contribution in [1.82, 2.24) is 9.97 Å². The Labute approximate surface area is 104 Å². The number of hydrogen-bond donors (Lipinski definition) is 0. The first-order valence-corrected chi connectivity index (χ1v) is 5.25. The lowest BCUT2D eigenvalue weighted by Gasteiger charge is -2.00. The zero-order chi connectivity index (χ0) is 12.2. The minimum atomic E-state index is -0.695. The zero-order valence-electron chi connectivity index (χ0n) is 8.03. The molecule has 0 bridgehead atoms. The van der Waals surface area contributed by atoms with Crippen LogP contribution in [0.1, 0.15) is 20.7 Å². The first-order chi connectivity index (χ1) is 8.06. The van der Waals surface area contributed by atoms with E-state index < -0.39 is 11.9 Å². The van der Waals surface area contributed by atoms with E-state index in [0.29, 0.717) is 11.0 Å². The molecule has 17 heavy (non-hydrogen) atoms. The maximum absolute atomic E-state index is 11.3. The second-order valence-electron chi connectivity index (χ2n) is 3.37. The molecular formula is C10H2Cl2N2O3. The van der Waals surface area contributed by atoms with Crippen molar-refractivity contribution < 1.29 is 14.3 Å². The Hall–Kier alpha value is -1.72. The Bertz CT molecular complexity index is 641. The first kappa shape index (κ1) is 10.4. The number of rotatable bonds is 0. The van der Waals surface area contributed by atoms with Gasteiger partial charge in [-0.3, -0.25) is 0 Å². The summed E-state index contributed by atoms with van der Waals surface area (Å²) in [6, 6.07) is 2.82. The van der Waals surface area contributed by atoms with Gasteiger partial charge in [0, 0.05) is 0 Å². The highest BCUT2D eigenvalue weighted by atomic mass is 35.5. The molecule has 2 heterocycles. The van der Waals surface area contributed by atoms with Crippen LogP contribution in [-0.2, 0) is 4.74 Å². The van der Waals surface area contributed by atoms with Crippen LogP contribution in [0.3, 0.4) is 0 Å². The van der Waals surface area contributed by atoms with Gasteiger partial charge in [-0.15, -0.1) is 0 Å². The van der Waals surface area contributed by atoms with Crippen molar-refractivity contribution in [3.8, 4) is 0 Å². The molecule has 84 valence electrons. The average Bonchev–Trinajstić information content (AvgIpc) is 2.54. The monoisotopic (exact) mass is 268 g/mol. The molecule has 0 spiro atoms. The molecule has 0 amide bonds. The quantitative estimate of drug-likeness (QED) is 0.542. The molecule has 1 aliphatic rings. The van der Waals surface area contributed by atoms with Crippen LogP contribution in [-0.4, -0.2) is 21.9 Å². The Kier molecular flexibility index (Phi) is 2.08. The van der Waals surface area contributed by atoms with Crippen molar-refractivity contribution >= 4 is 46.2 Å². The Morgan fingerprint density at radius 2 is 1.29 bits per heavy atom. The molecule has 0 saturated heterocycles. The van der Waals surface area contributed by atoms with Gasteiger partial charge in [-0.2, -0.15) is 0 Å². The van der Waals surface area contributed by atoms with Crippen LogP contribution in [0.4, 0.5) is 0 Å². The number of benzene rings is 1. The predicted octanol–water partition coefficient (Wildman–Crippen LogP) is 2.25. The molecule has 7 heteroatoms. The van der Waals surface area contributed by atoms with Gasteiger partial charge in [0.1, 0.15) is 0 Å². The molecule has 0 radical (unpaired) electrons. The highest BCUT2D eigenvalue weighted by molar-refractivity contribution is 6.40. The van der Waals surface area contributed by atoms with Gasteiger partial charge in [0.15, 0.2) is 10.3 Å². The summed E-state index contributed by atoms with van der Waals surface area (Å²) in [4.78, 5) is 30.6. The fraction of sp³-hybridized carbons (Fsp3) is 0. The molecule has 0 aliphatic carbocycles. The SMILES string of the molecule is O=C1OC(=O)c2cc3nc(Cl)c(Cl)nc3cc21. The summed E-state index contributed by atoms with van der Waals surface area (Å²) in [7, 11) is 0. The fourth-order valence-corrected chi connectivity index (χ4v) is 1.86. The zero-order valence-corrected chi connectivity index (χ0v) is 9.54. The molecule has 5 nitrogen and oxygen atoms in total. The van der Waals surface area contributed by atoms with Crippen molar-refractivity contribution in [2.75, 3.05) is 0 Å². The summed E-state index contributed by atoms with van der Waals surface area (Å²) in [5.74, 6) is -1.39. The Morgan fingerprint density at radius 1 is 0.882 bits per heavy atom. The molecule has 1 aliphatic heterocycles. The summed E-state index contributed by atoms with van der Waals surface area (Å²) in [5, 5.41) is 0.0774. The lowest BCUT2D eigenvalue weighted by atomic mass is 10.1. The van der Waals surface area contributed by atoms with E-state index in [2.05, 4.69) is 14.7 Å². The normalized spacial score (nSPS) is 14.0. The molecular weight excluding hydrogens is 267 g/mol. The van der Waals surface area contributed by atoms with Crippen molar-refractivity contribution in [3.05, 3.63) is 33.6 Å². The second kappa shape index (κ2) is 3.38. The van der Waals surface area contributed by atoms with Gasteiger partial charge in [0.2, 0.25) is 0 Å². The molecule has 1 aromatic heterocycles. The number of fused-ring (bicyclic) bond motifs is 2. The molecule has 0 fully saturated rings. The Balaban J connectivity index is 2.39. The van der Waals surface area contributed by atoms with E-state index in [9.17, 15) is 9.59 Å². The third kappa shape index (κ3) is 1.47. The lowest BCUT2D eigenvalue weighted by Crippen LogP contribution is -1.96. The third-order valence-corrected chi connectivity index (χ3v) is 2.97. The number of aromatic nitrogens is 2. The highest BCUT2D eigenvalue weighted by Gasteiger charge is 2.30. The van der Waals surface area contributed by atoms with Gasteiger partial charge < -0.3 is 4.74 Å². The number of esters is 2. The van der Waals surface area contributed by atoms with Crippen LogP contribution in [0.2, 0.25) is 10.3 Å². The average molecular weight is 269 g/mol. The number of ether oxygens (including phenoxy) is 1. The maximum Gasteiger partial charge on any atom is 0.346 e. The standard InChI is InChI=1S/C10H2Cl2N2O3/c11-7-8(12)14-6-2-4-3(1-5(6)13-7)9(15)17-10(4)16/h1-2H. The van der Waals surface area contributed by atoms with Crippen LogP contribution in [0.25, 0.3) is 11.0 Å². The molecule has 0 unspecified atom stereocenters. The highest BCUT2D eigenvalue weighted by Crippen LogP contribution is 2.27. The van der Waals surface area contributed by atoms with Crippen molar-refractivity contribution in [3.63, 3.8) is 0 Å². The number of hydrogen-bond acceptors (Lipinski definition) is 5. The summed E-state index contributed by atoms with van der Waals surface area (Å²) >= 11 is 11.4. The van der Waals surface area contributed by atoms with Gasteiger partial charge in [0.05, 0.1) is 22.2 Å². The van der Waals surface area contributed by atoms with Crippen molar-refractivity contribution in [2.45, 2.75) is 0 Å². The number of halogens is 2. The van der Waals surface area contributed by atoms with Crippen LogP contribution in [0.15, 0.2) is 12.1 Å². The van der Waals surface area contributed by atoms with Gasteiger partial charge >= 0.3 is 11.9 Å². The van der Waals surface area contributed by atoms with Gasteiger partial charge in [0.25, 0.3) is 0 Å². The van der Waals surface area contributed by atoms with E-state index in [-0.39, 0.29) is 21.4 Å². The van der Waals surface area contributed by atoms with Crippen LogP contribution in [0.5, 0.6) is 0 Å². The number of nitrogens with zero attached hydrogens (tertiary/aromatic N) is 2. The summed E-state index contributed by atoms with van der Waals surface area (Å²) in [6.07, 6.45) is 0. The number of carbonyl (C=O) groups is 2. The molecule has 0 atom stereocenters. The molecule has 0 N–H and O–H groups in total. The van der Waals surface area contributed by atoms with Gasteiger partial charge in [-0.05, 0) is 12.1 Å². The lowest BCUT2D eigenvalue weighted by molar-refractivity contribution is 0.0444. The number of cyclic esters (lactones) is 2. The van der Waals surface area contributed by atoms with E-state index in [1.807, 2.05) is 0 Å². The summed E-state index contributed by atoms with van der Waals surface area (Å²) in [5.41, 5.74) is 1.08. The maximum atomic E-state index is 11.3. The van der Waals surface area contributed by atoms with Crippen LogP contribution in [0, 0.1) is 0 Å². The van der Waals surface area contributed by atoms with Crippen LogP contribution < -0.4 is 0 Å². The van der Waals surface area contributed by atoms with E-state index in [1.54, 1.807) is 0 Å². The summed E-state index contributed by atoms with van der Waals surface area (Å²) < 4.78 is 4.46. The van der Waals surface area contributed by atoms with Gasteiger partial charge in [-0.25, -0.2) is 19.6 Å². The molecule has 0 saturated carbocycles. The molecule has 2 aromatic rings. The Morgan fingerprint density at radius 3 is 1.71 bits per heavy atom. The van der Waals surface area contributed by atoms with E-state index in [1.165, 1.54) is 12.1 Å². The minimum Gasteiger partial charge on any atom is -0.386 e. The fourth-order valence-electron chi connectivity index (χ4n) is 1.59. The third-order valence-electron chi connectivity index (χ3n) is 2.35. The van der Waals surface area contributed by atoms with Crippen molar-refractivity contribution in [2.24, 2.45) is 0 Å². The molecule has 3 rings (SSSR count). The van der Waals surface area contributed by atoms with Crippen LogP contribution >= 0.6 is 23.2 Å². The first-order valence-electron chi connectivity index (χ1n) is 4.49. The predicted molar refractivity (Wildman–Crippen MR) is 59.3 cm³/mol. The summed E-state index contributed by atoms with van der Waals surface area (Å²) in [6.45, 7) is 0.